The molecular formula is C23H22F3N7O. The molecule has 0 radical (unpaired) electrons. The second kappa shape index (κ2) is 8.90. The Morgan fingerprint density at radius 3 is 2.74 bits per heavy atom. The highest BCUT2D eigenvalue weighted by Gasteiger charge is 2.34. The van der Waals surface area contributed by atoms with Crippen LogP contribution in [0.15, 0.2) is 48.9 Å². The van der Waals surface area contributed by atoms with Gasteiger partial charge in [0.15, 0.2) is 11.6 Å². The van der Waals surface area contributed by atoms with E-state index in [2.05, 4.69) is 25.4 Å². The molecule has 5 heterocycles. The van der Waals surface area contributed by atoms with Crippen molar-refractivity contribution in [2.24, 2.45) is 0 Å². The number of halogens is 3. The first-order chi connectivity index (χ1) is 16.4. The van der Waals surface area contributed by atoms with Crippen molar-refractivity contribution in [3.63, 3.8) is 0 Å². The molecule has 1 saturated heterocycles. The molecule has 0 spiro atoms. The van der Waals surface area contributed by atoms with Crippen molar-refractivity contribution in [1.82, 2.24) is 29.5 Å². The van der Waals surface area contributed by atoms with Crippen LogP contribution < -0.4 is 10.1 Å². The summed E-state index contributed by atoms with van der Waals surface area (Å²) in [4.78, 5) is 14.8. The van der Waals surface area contributed by atoms with Crippen LogP contribution >= 0.6 is 0 Å². The van der Waals surface area contributed by atoms with Crippen LogP contribution in [0, 0.1) is 5.82 Å². The lowest BCUT2D eigenvalue weighted by molar-refractivity contribution is -0.0566. The number of rotatable bonds is 6. The van der Waals surface area contributed by atoms with Gasteiger partial charge in [0, 0.05) is 50.9 Å². The van der Waals surface area contributed by atoms with E-state index in [1.807, 2.05) is 17.2 Å². The highest BCUT2D eigenvalue weighted by Crippen LogP contribution is 2.30. The standard InChI is InChI=1S/C23H22F3N7O/c1-34-20-4-2-3-18(28-20)21-30-22(29-17-5-8-27-12-16(17)24)19-11-15(14-33(19)31-21)13-32-9-6-23(25,26)7-10-32/h2-5,8,11-12,14H,6-7,9-10,13H2,1H3,(H,27,29,30,31). The van der Waals surface area contributed by atoms with Crippen molar-refractivity contribution in [3.8, 4) is 17.4 Å². The molecule has 0 atom stereocenters. The first-order valence-electron chi connectivity index (χ1n) is 10.8. The minimum absolute atomic E-state index is 0.153. The van der Waals surface area contributed by atoms with Crippen LogP contribution in [-0.2, 0) is 6.54 Å². The highest BCUT2D eigenvalue weighted by atomic mass is 19.3. The van der Waals surface area contributed by atoms with Gasteiger partial charge in [-0.3, -0.25) is 9.88 Å². The summed E-state index contributed by atoms with van der Waals surface area (Å²) in [5.41, 5.74) is 2.18. The van der Waals surface area contributed by atoms with Gasteiger partial charge < -0.3 is 10.1 Å². The van der Waals surface area contributed by atoms with E-state index in [9.17, 15) is 13.2 Å². The van der Waals surface area contributed by atoms with Gasteiger partial charge in [0.2, 0.25) is 11.7 Å². The molecule has 0 aliphatic carbocycles. The van der Waals surface area contributed by atoms with Crippen molar-refractivity contribution < 1.29 is 17.9 Å². The van der Waals surface area contributed by atoms with Gasteiger partial charge in [0.05, 0.1) is 19.0 Å². The minimum atomic E-state index is -2.60. The molecular weight excluding hydrogens is 447 g/mol. The molecule has 1 aliphatic rings. The summed E-state index contributed by atoms with van der Waals surface area (Å²) in [7, 11) is 1.52. The Balaban J connectivity index is 1.53. The number of piperidine rings is 1. The predicted molar refractivity (Wildman–Crippen MR) is 120 cm³/mol. The lowest BCUT2D eigenvalue weighted by Crippen LogP contribution is -2.38. The maximum absolute atomic E-state index is 14.3. The lowest BCUT2D eigenvalue weighted by Gasteiger charge is -2.31. The first-order valence-corrected chi connectivity index (χ1v) is 10.8. The Kier molecular flexibility index (Phi) is 5.78. The van der Waals surface area contributed by atoms with Gasteiger partial charge in [-0.05, 0) is 23.8 Å². The van der Waals surface area contributed by atoms with E-state index in [1.165, 1.54) is 19.4 Å². The van der Waals surface area contributed by atoms with Crippen molar-refractivity contribution >= 4 is 17.0 Å². The summed E-state index contributed by atoms with van der Waals surface area (Å²) in [6, 6.07) is 8.62. The Bertz CT molecular complexity index is 1320. The third kappa shape index (κ3) is 4.65. The number of aromatic nitrogens is 5. The third-order valence-electron chi connectivity index (χ3n) is 5.70. The third-order valence-corrected chi connectivity index (χ3v) is 5.70. The normalized spacial score (nSPS) is 16.0. The van der Waals surface area contributed by atoms with Gasteiger partial charge in [-0.25, -0.2) is 27.7 Å². The molecule has 0 amide bonds. The van der Waals surface area contributed by atoms with E-state index in [0.29, 0.717) is 48.4 Å². The number of likely N-dealkylation sites (tertiary alicyclic amines) is 1. The second-order valence-corrected chi connectivity index (χ2v) is 8.14. The van der Waals surface area contributed by atoms with Crippen LogP contribution in [0.25, 0.3) is 17.0 Å². The van der Waals surface area contributed by atoms with Gasteiger partial charge >= 0.3 is 0 Å². The number of nitrogens with zero attached hydrogens (tertiary/aromatic N) is 6. The molecule has 0 unspecified atom stereocenters. The number of methoxy groups -OCH3 is 1. The summed E-state index contributed by atoms with van der Waals surface area (Å²) in [5, 5.41) is 7.61. The van der Waals surface area contributed by atoms with Gasteiger partial charge in [0.1, 0.15) is 11.2 Å². The number of anilines is 2. The van der Waals surface area contributed by atoms with Gasteiger partial charge in [0.25, 0.3) is 5.92 Å². The van der Waals surface area contributed by atoms with Gasteiger partial charge in [-0.1, -0.05) is 6.07 Å². The zero-order valence-corrected chi connectivity index (χ0v) is 18.4. The molecule has 4 aromatic heterocycles. The quantitative estimate of drug-likeness (QED) is 0.451. The van der Waals surface area contributed by atoms with E-state index in [4.69, 9.17) is 4.74 Å². The van der Waals surface area contributed by atoms with Crippen molar-refractivity contribution in [2.45, 2.75) is 25.3 Å². The average molecular weight is 469 g/mol. The number of fused-ring (bicyclic) bond motifs is 1. The van der Waals surface area contributed by atoms with Crippen LogP contribution in [-0.4, -0.2) is 55.6 Å². The van der Waals surface area contributed by atoms with E-state index in [-0.39, 0.29) is 18.5 Å². The molecule has 0 saturated carbocycles. The number of hydrogen-bond acceptors (Lipinski definition) is 7. The largest absolute Gasteiger partial charge is 0.481 e. The molecule has 0 bridgehead atoms. The smallest absolute Gasteiger partial charge is 0.250 e. The Morgan fingerprint density at radius 2 is 1.97 bits per heavy atom. The zero-order valence-electron chi connectivity index (χ0n) is 18.4. The van der Waals surface area contributed by atoms with Crippen LogP contribution in [0.2, 0.25) is 0 Å². The first kappa shape index (κ1) is 22.1. The lowest BCUT2D eigenvalue weighted by atomic mass is 10.1. The van der Waals surface area contributed by atoms with Crippen molar-refractivity contribution in [1.29, 1.82) is 0 Å². The molecule has 4 aromatic rings. The Morgan fingerprint density at radius 1 is 1.15 bits per heavy atom. The van der Waals surface area contributed by atoms with Crippen LogP contribution in [0.3, 0.4) is 0 Å². The van der Waals surface area contributed by atoms with Gasteiger partial charge in [-0.2, -0.15) is 0 Å². The molecule has 0 aromatic carbocycles. The maximum Gasteiger partial charge on any atom is 0.250 e. The number of nitrogens with one attached hydrogen (secondary N) is 1. The molecule has 1 aliphatic heterocycles. The van der Waals surface area contributed by atoms with Crippen molar-refractivity contribution in [3.05, 3.63) is 60.3 Å². The fourth-order valence-corrected chi connectivity index (χ4v) is 3.89. The monoisotopic (exact) mass is 469 g/mol. The molecule has 176 valence electrons. The van der Waals surface area contributed by atoms with Crippen LogP contribution in [0.5, 0.6) is 5.88 Å². The molecule has 5 rings (SSSR count). The predicted octanol–water partition coefficient (Wildman–Crippen LogP) is 4.31. The fraction of sp³-hybridized carbons (Fsp3) is 0.304. The molecule has 8 nitrogen and oxygen atoms in total. The number of alkyl halides is 2. The summed E-state index contributed by atoms with van der Waals surface area (Å²) in [6.07, 6.45) is 4.10. The second-order valence-electron chi connectivity index (χ2n) is 8.14. The van der Waals surface area contributed by atoms with Crippen molar-refractivity contribution in [2.75, 3.05) is 25.5 Å². The molecule has 1 N–H and O–H groups in total. The topological polar surface area (TPSA) is 80.5 Å². The summed E-state index contributed by atoms with van der Waals surface area (Å²) < 4.78 is 48.2. The number of pyridine rings is 2. The number of ether oxygens (including phenoxy) is 1. The zero-order chi connectivity index (χ0) is 23.7. The molecule has 34 heavy (non-hydrogen) atoms. The highest BCUT2D eigenvalue weighted by molar-refractivity contribution is 5.75. The molecule has 11 heteroatoms. The number of hydrogen-bond donors (Lipinski definition) is 1. The van der Waals surface area contributed by atoms with E-state index >= 15 is 0 Å². The van der Waals surface area contributed by atoms with E-state index in [1.54, 1.807) is 22.7 Å². The summed E-state index contributed by atoms with van der Waals surface area (Å²) >= 11 is 0. The Labute approximate surface area is 193 Å². The summed E-state index contributed by atoms with van der Waals surface area (Å²) in [5.74, 6) is -2.04. The SMILES string of the molecule is COc1cccc(-c2nc(Nc3ccncc3F)c3cc(CN4CCC(F)(F)CC4)cn3n2)n1. The average Bonchev–Trinajstić information content (AvgIpc) is 3.24. The van der Waals surface area contributed by atoms with Crippen LogP contribution in [0.4, 0.5) is 24.7 Å². The fourth-order valence-electron chi connectivity index (χ4n) is 3.89. The maximum atomic E-state index is 14.3. The van der Waals surface area contributed by atoms with E-state index in [0.717, 1.165) is 11.8 Å². The molecule has 1 fully saturated rings. The van der Waals surface area contributed by atoms with Crippen LogP contribution in [0.1, 0.15) is 18.4 Å². The Hall–Kier alpha value is -3.73. The van der Waals surface area contributed by atoms with E-state index < -0.39 is 11.7 Å². The summed E-state index contributed by atoms with van der Waals surface area (Å²) in [6.45, 7) is 1.13. The van der Waals surface area contributed by atoms with Gasteiger partial charge in [-0.15, -0.1) is 5.10 Å². The minimum Gasteiger partial charge on any atom is -0.481 e.